The highest BCUT2D eigenvalue weighted by Gasteiger charge is 2.26. The molecule has 0 saturated carbocycles. The molecule has 0 aliphatic carbocycles. The molecule has 2 aromatic heterocycles. The molecule has 3 heterocycles. The van der Waals surface area contributed by atoms with E-state index in [4.69, 9.17) is 14.5 Å². The van der Waals surface area contributed by atoms with Crippen LogP contribution in [0.1, 0.15) is 34.1 Å². The number of benzene rings is 1. The number of rotatable bonds is 8. The Morgan fingerprint density at radius 1 is 1.08 bits per heavy atom. The summed E-state index contributed by atoms with van der Waals surface area (Å²) in [5.74, 6) is 1.14. The fraction of sp³-hybridized carbons (Fsp3) is 0.429. The van der Waals surface area contributed by atoms with Gasteiger partial charge in [0.05, 0.1) is 19.2 Å². The zero-order chi connectivity index (χ0) is 27.4. The largest absolute Gasteiger partial charge is 0.497 e. The van der Waals surface area contributed by atoms with Crippen LogP contribution >= 0.6 is 0 Å². The zero-order valence-corrected chi connectivity index (χ0v) is 22.7. The quantitative estimate of drug-likeness (QED) is 0.485. The summed E-state index contributed by atoms with van der Waals surface area (Å²) in [6.45, 7) is 8.55. The Bertz CT molecular complexity index is 1390. The Kier molecular flexibility index (Phi) is 8.31. The van der Waals surface area contributed by atoms with E-state index in [0.717, 1.165) is 33.5 Å². The van der Waals surface area contributed by atoms with Gasteiger partial charge in [-0.15, -0.1) is 0 Å². The molecule has 1 aliphatic heterocycles. The van der Waals surface area contributed by atoms with Crippen molar-refractivity contribution in [3.63, 3.8) is 0 Å². The summed E-state index contributed by atoms with van der Waals surface area (Å²) in [7, 11) is 3.20. The summed E-state index contributed by atoms with van der Waals surface area (Å²) >= 11 is 0. The molecule has 10 heteroatoms. The van der Waals surface area contributed by atoms with Crippen molar-refractivity contribution in [3.05, 3.63) is 63.1 Å². The number of H-pyrrole nitrogens is 1. The number of aryl methyl sites for hydroxylation is 2. The zero-order valence-electron chi connectivity index (χ0n) is 22.7. The van der Waals surface area contributed by atoms with Crippen LogP contribution in [0.5, 0.6) is 5.75 Å². The predicted octanol–water partition coefficient (Wildman–Crippen LogP) is 2.51. The van der Waals surface area contributed by atoms with Crippen molar-refractivity contribution < 1.29 is 19.1 Å². The minimum atomic E-state index is -0.412. The lowest BCUT2D eigenvalue weighted by molar-refractivity contribution is -0.129. The SMILES string of the molecule is COCCN(Cc1cc2ccc(OC)cc2nc1N1CCN(C(C)=O)CC1)C(=O)c1cc(C)c(C)[nH]c1=O. The summed E-state index contributed by atoms with van der Waals surface area (Å²) in [6.07, 6.45) is 0. The number of hydrogen-bond donors (Lipinski definition) is 1. The molecule has 3 aromatic rings. The number of piperazine rings is 1. The second kappa shape index (κ2) is 11.6. The van der Waals surface area contributed by atoms with E-state index in [1.54, 1.807) is 32.1 Å². The van der Waals surface area contributed by atoms with Crippen LogP contribution in [0.4, 0.5) is 5.82 Å². The van der Waals surface area contributed by atoms with Crippen molar-refractivity contribution in [3.8, 4) is 5.75 Å². The lowest BCUT2D eigenvalue weighted by Crippen LogP contribution is -2.48. The highest BCUT2D eigenvalue weighted by molar-refractivity contribution is 5.94. The topological polar surface area (TPSA) is 108 Å². The van der Waals surface area contributed by atoms with Gasteiger partial charge < -0.3 is 29.2 Å². The fourth-order valence-corrected chi connectivity index (χ4v) is 4.65. The van der Waals surface area contributed by atoms with Crippen molar-refractivity contribution in [1.82, 2.24) is 19.8 Å². The number of anilines is 1. The smallest absolute Gasteiger partial charge is 0.261 e. The number of pyridine rings is 2. The van der Waals surface area contributed by atoms with E-state index in [1.807, 2.05) is 43.0 Å². The molecule has 0 atom stereocenters. The van der Waals surface area contributed by atoms with Gasteiger partial charge in [-0.2, -0.15) is 0 Å². The van der Waals surface area contributed by atoms with Gasteiger partial charge in [-0.3, -0.25) is 14.4 Å². The summed E-state index contributed by atoms with van der Waals surface area (Å²) in [4.78, 5) is 51.6. The van der Waals surface area contributed by atoms with Crippen LogP contribution in [-0.4, -0.2) is 85.1 Å². The van der Waals surface area contributed by atoms with Crippen molar-refractivity contribution >= 4 is 28.5 Å². The van der Waals surface area contributed by atoms with Gasteiger partial charge in [-0.25, -0.2) is 4.98 Å². The van der Waals surface area contributed by atoms with Crippen LogP contribution in [0.3, 0.4) is 0 Å². The van der Waals surface area contributed by atoms with E-state index in [0.29, 0.717) is 45.1 Å². The van der Waals surface area contributed by atoms with Crippen LogP contribution < -0.4 is 15.2 Å². The molecule has 0 unspecified atom stereocenters. The van der Waals surface area contributed by atoms with Gasteiger partial charge in [-0.1, -0.05) is 0 Å². The van der Waals surface area contributed by atoms with E-state index < -0.39 is 5.56 Å². The van der Waals surface area contributed by atoms with Gasteiger partial charge in [-0.05, 0) is 43.7 Å². The highest BCUT2D eigenvalue weighted by atomic mass is 16.5. The number of methoxy groups -OCH3 is 2. The van der Waals surface area contributed by atoms with Crippen LogP contribution in [0, 0.1) is 13.8 Å². The maximum absolute atomic E-state index is 13.6. The maximum Gasteiger partial charge on any atom is 0.261 e. The number of ether oxygens (including phenoxy) is 2. The number of carbonyl (C=O) groups excluding carboxylic acids is 2. The first kappa shape index (κ1) is 27.1. The third-order valence-electron chi connectivity index (χ3n) is 7.05. The summed E-state index contributed by atoms with van der Waals surface area (Å²) < 4.78 is 10.7. The van der Waals surface area contributed by atoms with Crippen LogP contribution in [0.25, 0.3) is 10.9 Å². The van der Waals surface area contributed by atoms with Gasteiger partial charge in [0.2, 0.25) is 5.91 Å². The Morgan fingerprint density at radius 2 is 1.82 bits per heavy atom. The summed E-state index contributed by atoms with van der Waals surface area (Å²) in [5.41, 5.74) is 2.88. The molecule has 1 aliphatic rings. The van der Waals surface area contributed by atoms with E-state index in [2.05, 4.69) is 9.88 Å². The molecule has 2 amide bonds. The summed E-state index contributed by atoms with van der Waals surface area (Å²) in [5, 5.41) is 0.912. The predicted molar refractivity (Wildman–Crippen MR) is 146 cm³/mol. The fourth-order valence-electron chi connectivity index (χ4n) is 4.65. The Labute approximate surface area is 222 Å². The van der Waals surface area contributed by atoms with Crippen LogP contribution in [0.2, 0.25) is 0 Å². The number of amides is 2. The van der Waals surface area contributed by atoms with Crippen LogP contribution in [0.15, 0.2) is 35.1 Å². The highest BCUT2D eigenvalue weighted by Crippen LogP contribution is 2.28. The third kappa shape index (κ3) is 5.80. The standard InChI is InChI=1S/C28H35N5O5/c1-18-14-24(27(35)29-19(18)2)28(36)33(12-13-37-4)17-22-15-21-6-7-23(38-5)16-25(21)30-26(22)32-10-8-31(9-11-32)20(3)34/h6-7,14-16H,8-13,17H2,1-5H3,(H,29,35). The van der Waals surface area contributed by atoms with Crippen molar-refractivity contribution in [2.24, 2.45) is 0 Å². The normalized spacial score (nSPS) is 13.6. The average Bonchev–Trinajstić information content (AvgIpc) is 2.92. The molecule has 4 rings (SSSR count). The van der Waals surface area contributed by atoms with Gasteiger partial charge in [0.15, 0.2) is 0 Å². The van der Waals surface area contributed by atoms with Gasteiger partial charge in [0.25, 0.3) is 11.5 Å². The number of fused-ring (bicyclic) bond motifs is 1. The molecule has 0 spiro atoms. The molecule has 1 aromatic carbocycles. The Hall–Kier alpha value is -3.92. The maximum atomic E-state index is 13.6. The number of aromatic nitrogens is 2. The number of nitrogens with one attached hydrogen (secondary N) is 1. The van der Waals surface area contributed by atoms with E-state index >= 15 is 0 Å². The van der Waals surface area contributed by atoms with Gasteiger partial charge in [0, 0.05) is 76.0 Å². The summed E-state index contributed by atoms with van der Waals surface area (Å²) in [6, 6.07) is 9.38. The minimum Gasteiger partial charge on any atom is -0.497 e. The number of nitrogens with zero attached hydrogens (tertiary/aromatic N) is 4. The minimum absolute atomic E-state index is 0.0519. The third-order valence-corrected chi connectivity index (χ3v) is 7.05. The Morgan fingerprint density at radius 3 is 2.47 bits per heavy atom. The number of hydrogen-bond acceptors (Lipinski definition) is 7. The number of aromatic amines is 1. The van der Waals surface area contributed by atoms with Gasteiger partial charge in [0.1, 0.15) is 17.1 Å². The molecule has 1 fully saturated rings. The average molecular weight is 522 g/mol. The van der Waals surface area contributed by atoms with Crippen molar-refractivity contribution in [2.75, 3.05) is 58.5 Å². The monoisotopic (exact) mass is 521 g/mol. The van der Waals surface area contributed by atoms with E-state index in [9.17, 15) is 14.4 Å². The van der Waals surface area contributed by atoms with E-state index in [-0.39, 0.29) is 23.9 Å². The lowest BCUT2D eigenvalue weighted by atomic mass is 10.1. The van der Waals surface area contributed by atoms with Gasteiger partial charge >= 0.3 is 0 Å². The first-order chi connectivity index (χ1) is 18.2. The second-order valence-electron chi connectivity index (χ2n) is 9.56. The molecular weight excluding hydrogens is 486 g/mol. The molecule has 0 bridgehead atoms. The van der Waals surface area contributed by atoms with Crippen LogP contribution in [-0.2, 0) is 16.1 Å². The lowest BCUT2D eigenvalue weighted by Gasteiger charge is -2.36. The number of carbonyl (C=O) groups is 2. The molecule has 1 saturated heterocycles. The molecule has 10 nitrogen and oxygen atoms in total. The molecule has 1 N–H and O–H groups in total. The molecule has 0 radical (unpaired) electrons. The van der Waals surface area contributed by atoms with Crippen molar-refractivity contribution in [2.45, 2.75) is 27.3 Å². The Balaban J connectivity index is 1.74. The molecule has 202 valence electrons. The second-order valence-corrected chi connectivity index (χ2v) is 9.56. The molecule has 38 heavy (non-hydrogen) atoms. The molecular formula is C28H35N5O5. The van der Waals surface area contributed by atoms with Crippen molar-refractivity contribution in [1.29, 1.82) is 0 Å². The first-order valence-electron chi connectivity index (χ1n) is 12.7. The van der Waals surface area contributed by atoms with E-state index in [1.165, 1.54) is 0 Å². The first-order valence-corrected chi connectivity index (χ1v) is 12.7.